The molecule has 2 nitrogen and oxygen atoms in total. The molecule has 1 aliphatic heterocycles. The van der Waals surface area contributed by atoms with E-state index in [2.05, 4.69) is 24.1 Å². The fraction of sp³-hybridized carbons (Fsp3) is 1.00. The van der Waals surface area contributed by atoms with Crippen LogP contribution >= 0.6 is 0 Å². The Hall–Kier alpha value is -0.0800. The monoisotopic (exact) mass is 264 g/mol. The highest BCUT2D eigenvalue weighted by atomic mass is 15.2. The van der Waals surface area contributed by atoms with Gasteiger partial charge in [-0.25, -0.2) is 0 Å². The van der Waals surface area contributed by atoms with E-state index < -0.39 is 0 Å². The van der Waals surface area contributed by atoms with E-state index in [1.165, 1.54) is 71.0 Å². The Kier molecular flexibility index (Phi) is 4.19. The molecule has 0 radical (unpaired) electrons. The van der Waals surface area contributed by atoms with Gasteiger partial charge < -0.3 is 10.2 Å². The number of nitrogens with zero attached hydrogens (tertiary/aromatic N) is 1. The van der Waals surface area contributed by atoms with Gasteiger partial charge in [0.2, 0.25) is 0 Å². The van der Waals surface area contributed by atoms with Crippen LogP contribution in [0.15, 0.2) is 0 Å². The summed E-state index contributed by atoms with van der Waals surface area (Å²) < 4.78 is 0. The van der Waals surface area contributed by atoms with Crippen LogP contribution in [0.1, 0.15) is 65.2 Å². The maximum Gasteiger partial charge on any atom is 0.00821 e. The largest absolute Gasteiger partial charge is 0.311 e. The number of rotatable bonds is 7. The molecule has 3 fully saturated rings. The summed E-state index contributed by atoms with van der Waals surface area (Å²) in [7, 11) is 0. The molecule has 0 unspecified atom stereocenters. The van der Waals surface area contributed by atoms with E-state index in [4.69, 9.17) is 0 Å². The lowest BCUT2D eigenvalue weighted by Crippen LogP contribution is -2.67. The molecule has 2 aliphatic carbocycles. The minimum atomic E-state index is 0.748. The van der Waals surface area contributed by atoms with Gasteiger partial charge in [-0.05, 0) is 50.0 Å². The van der Waals surface area contributed by atoms with Crippen molar-refractivity contribution in [2.45, 2.75) is 77.3 Å². The Labute approximate surface area is 119 Å². The summed E-state index contributed by atoms with van der Waals surface area (Å²) in [6.45, 7) is 8.84. The molecule has 0 aromatic carbocycles. The number of unbranched alkanes of at least 4 members (excludes halogenated alkanes) is 3. The number of hydrogen-bond acceptors (Lipinski definition) is 2. The van der Waals surface area contributed by atoms with Crippen LogP contribution < -0.4 is 5.32 Å². The van der Waals surface area contributed by atoms with Crippen molar-refractivity contribution in [3.05, 3.63) is 0 Å². The Morgan fingerprint density at radius 1 is 1.05 bits per heavy atom. The average Bonchev–Trinajstić information content (AvgIpc) is 2.25. The van der Waals surface area contributed by atoms with Crippen molar-refractivity contribution >= 4 is 0 Å². The lowest BCUT2D eigenvalue weighted by atomic mass is 9.60. The van der Waals surface area contributed by atoms with E-state index in [-0.39, 0.29) is 0 Å². The van der Waals surface area contributed by atoms with Crippen molar-refractivity contribution in [2.24, 2.45) is 11.3 Å². The molecule has 0 aromatic rings. The first-order valence-corrected chi connectivity index (χ1v) is 8.67. The number of hydrogen-bond donors (Lipinski definition) is 1. The maximum atomic E-state index is 3.86. The molecule has 1 saturated heterocycles. The van der Waals surface area contributed by atoms with E-state index in [1.807, 2.05) is 0 Å². The summed E-state index contributed by atoms with van der Waals surface area (Å²) in [5.41, 5.74) is 0.748. The summed E-state index contributed by atoms with van der Waals surface area (Å²) in [6.07, 6.45) is 11.4. The summed E-state index contributed by atoms with van der Waals surface area (Å²) in [4.78, 5) is 2.69. The Bertz CT molecular complexity index is 282. The lowest BCUT2D eigenvalue weighted by molar-refractivity contribution is -0.0834. The summed E-state index contributed by atoms with van der Waals surface area (Å²) >= 11 is 0. The van der Waals surface area contributed by atoms with Gasteiger partial charge in [-0.1, -0.05) is 33.1 Å². The third kappa shape index (κ3) is 3.16. The van der Waals surface area contributed by atoms with Gasteiger partial charge in [-0.15, -0.1) is 0 Å². The third-order valence-electron chi connectivity index (χ3n) is 5.65. The second kappa shape index (κ2) is 5.73. The Morgan fingerprint density at radius 3 is 2.42 bits per heavy atom. The van der Waals surface area contributed by atoms with Gasteiger partial charge in [0, 0.05) is 25.2 Å². The fourth-order valence-electron chi connectivity index (χ4n) is 4.56. The number of likely N-dealkylation sites (tertiary alicyclic amines) is 1. The number of nitrogens with one attached hydrogen (secondary N) is 1. The lowest BCUT2D eigenvalue weighted by Gasteiger charge is -2.60. The highest BCUT2D eigenvalue weighted by Crippen LogP contribution is 2.49. The van der Waals surface area contributed by atoms with E-state index in [0.717, 1.165) is 23.4 Å². The molecule has 0 amide bonds. The zero-order chi connectivity index (χ0) is 13.3. The average molecular weight is 264 g/mol. The van der Waals surface area contributed by atoms with E-state index >= 15 is 0 Å². The molecule has 0 atom stereocenters. The topological polar surface area (TPSA) is 15.3 Å². The van der Waals surface area contributed by atoms with Crippen LogP contribution in [-0.2, 0) is 0 Å². The van der Waals surface area contributed by atoms with Crippen molar-refractivity contribution in [3.8, 4) is 0 Å². The van der Waals surface area contributed by atoms with E-state index in [9.17, 15) is 0 Å². The molecule has 3 rings (SSSR count). The summed E-state index contributed by atoms with van der Waals surface area (Å²) in [6, 6.07) is 1.72. The van der Waals surface area contributed by atoms with Gasteiger partial charge in [-0.3, -0.25) is 0 Å². The highest BCUT2D eigenvalue weighted by Gasteiger charge is 2.52. The predicted molar refractivity (Wildman–Crippen MR) is 81.4 cm³/mol. The fourth-order valence-corrected chi connectivity index (χ4v) is 4.56. The first-order valence-electron chi connectivity index (χ1n) is 8.67. The standard InChI is InChI=1S/C17H32N2/c1-3-4-5-6-7-19-12-17(13-19)10-16(11-17)18-15-8-14(2)9-15/h14-16,18H,3-13H2,1-2H3/t14-,15-. The molecule has 0 bridgehead atoms. The molecule has 3 aliphatic rings. The molecule has 2 saturated carbocycles. The smallest absolute Gasteiger partial charge is 0.00821 e. The molecular formula is C17H32N2. The minimum absolute atomic E-state index is 0.748. The predicted octanol–water partition coefficient (Wildman–Crippen LogP) is 3.42. The molecular weight excluding hydrogens is 232 g/mol. The van der Waals surface area contributed by atoms with Crippen LogP contribution in [0, 0.1) is 11.3 Å². The van der Waals surface area contributed by atoms with E-state index in [1.54, 1.807) is 0 Å². The van der Waals surface area contributed by atoms with Crippen molar-refractivity contribution in [3.63, 3.8) is 0 Å². The van der Waals surface area contributed by atoms with Crippen LogP contribution in [0.25, 0.3) is 0 Å². The Balaban J connectivity index is 1.24. The van der Waals surface area contributed by atoms with Crippen LogP contribution in [0.3, 0.4) is 0 Å². The van der Waals surface area contributed by atoms with E-state index in [0.29, 0.717) is 0 Å². The molecule has 110 valence electrons. The zero-order valence-corrected chi connectivity index (χ0v) is 13.0. The van der Waals surface area contributed by atoms with Gasteiger partial charge in [0.05, 0.1) is 0 Å². The van der Waals surface area contributed by atoms with Gasteiger partial charge >= 0.3 is 0 Å². The zero-order valence-electron chi connectivity index (χ0n) is 13.0. The van der Waals surface area contributed by atoms with Gasteiger partial charge in [0.1, 0.15) is 0 Å². The quantitative estimate of drug-likeness (QED) is 0.709. The van der Waals surface area contributed by atoms with Gasteiger partial charge in [0.15, 0.2) is 0 Å². The molecule has 1 spiro atoms. The maximum absolute atomic E-state index is 3.86. The molecule has 19 heavy (non-hydrogen) atoms. The summed E-state index contributed by atoms with van der Waals surface area (Å²) in [5, 5.41) is 3.86. The van der Waals surface area contributed by atoms with Crippen molar-refractivity contribution in [2.75, 3.05) is 19.6 Å². The SMILES string of the molecule is CCCCCCN1CC2(CC(N[C@H]3C[C@H](C)C3)C2)C1. The molecule has 0 aromatic heterocycles. The third-order valence-corrected chi connectivity index (χ3v) is 5.65. The second-order valence-electron chi connectivity index (χ2n) is 7.82. The first-order chi connectivity index (χ1) is 9.19. The molecule has 2 heteroatoms. The van der Waals surface area contributed by atoms with Gasteiger partial charge in [0.25, 0.3) is 0 Å². The summed E-state index contributed by atoms with van der Waals surface area (Å²) in [5.74, 6) is 0.980. The van der Waals surface area contributed by atoms with Crippen LogP contribution in [0.5, 0.6) is 0 Å². The van der Waals surface area contributed by atoms with Crippen molar-refractivity contribution in [1.29, 1.82) is 0 Å². The normalized spacial score (nSPS) is 33.8. The second-order valence-corrected chi connectivity index (χ2v) is 7.82. The minimum Gasteiger partial charge on any atom is -0.311 e. The van der Waals surface area contributed by atoms with Crippen LogP contribution in [-0.4, -0.2) is 36.6 Å². The first kappa shape index (κ1) is 13.9. The highest BCUT2D eigenvalue weighted by molar-refractivity contribution is 5.07. The molecule has 1 N–H and O–H groups in total. The van der Waals surface area contributed by atoms with Crippen molar-refractivity contribution < 1.29 is 0 Å². The van der Waals surface area contributed by atoms with Crippen molar-refractivity contribution in [1.82, 2.24) is 10.2 Å². The molecule has 1 heterocycles. The Morgan fingerprint density at radius 2 is 1.79 bits per heavy atom. The van der Waals surface area contributed by atoms with Gasteiger partial charge in [-0.2, -0.15) is 0 Å². The van der Waals surface area contributed by atoms with Crippen LogP contribution in [0.4, 0.5) is 0 Å². The van der Waals surface area contributed by atoms with Crippen LogP contribution in [0.2, 0.25) is 0 Å².